The van der Waals surface area contributed by atoms with Gasteiger partial charge in [0.05, 0.1) is 0 Å². The fourth-order valence-corrected chi connectivity index (χ4v) is 7.11. The number of hydrogen-bond acceptors (Lipinski definition) is 6. The summed E-state index contributed by atoms with van der Waals surface area (Å²) in [4.78, 5) is 50.0. The van der Waals surface area contributed by atoms with Crippen LogP contribution in [0.25, 0.3) is 0 Å². The summed E-state index contributed by atoms with van der Waals surface area (Å²) in [5.74, 6) is 1.09. The summed E-state index contributed by atoms with van der Waals surface area (Å²) < 4.78 is 31.3. The van der Waals surface area contributed by atoms with E-state index in [0.29, 0.717) is 63.1 Å². The molecule has 1 saturated carbocycles. The number of hydrogen-bond donors (Lipinski definition) is 3. The average molecular weight is 565 g/mol. The summed E-state index contributed by atoms with van der Waals surface area (Å²) in [7, 11) is -3.93. The Morgan fingerprint density at radius 1 is 1.05 bits per heavy atom. The maximum absolute atomic E-state index is 12.7. The zero-order valence-electron chi connectivity index (χ0n) is 22.7. The Kier molecular flexibility index (Phi) is 9.31. The van der Waals surface area contributed by atoms with Crippen molar-refractivity contribution >= 4 is 22.1 Å². The molecule has 12 nitrogen and oxygen atoms in total. The number of carbonyl (C=O) groups is 2. The van der Waals surface area contributed by atoms with Crippen LogP contribution in [0, 0.1) is 23.7 Å². The van der Waals surface area contributed by atoms with E-state index in [-0.39, 0.29) is 31.1 Å². The van der Waals surface area contributed by atoms with Crippen molar-refractivity contribution in [1.29, 1.82) is 0 Å². The summed E-state index contributed by atoms with van der Waals surface area (Å²) in [6.07, 6.45) is 10.4. The quantitative estimate of drug-likeness (QED) is 0.342. The van der Waals surface area contributed by atoms with Crippen molar-refractivity contribution in [2.45, 2.75) is 65.5 Å². The summed E-state index contributed by atoms with van der Waals surface area (Å²) in [5, 5.41) is 5.49. The standard InChI is InChI=1S/C26H40N6O6S/c1-3-11-30-17-22(24(34)32(4-2)26(30)36)23(33)27-10-7-18-8-12-31(13-9-18)39(37,38)29-25(35)28-16-21-15-19-5-6-20(21)14-19/h5-6,17-21H,3-4,7-16H2,1-2H3,(H,27,33)(H2,28,29,35)/t19-,20-,21+/m1/s1. The minimum Gasteiger partial charge on any atom is -0.352 e. The van der Waals surface area contributed by atoms with Crippen LogP contribution in [0.15, 0.2) is 27.9 Å². The number of carbonyl (C=O) groups excluding carboxylic acids is 2. The summed E-state index contributed by atoms with van der Waals surface area (Å²) in [5.41, 5.74) is -1.09. The second-order valence-corrected chi connectivity index (χ2v) is 12.5. The van der Waals surface area contributed by atoms with E-state index in [1.54, 1.807) is 6.92 Å². The number of rotatable bonds is 11. The molecule has 0 aromatic carbocycles. The van der Waals surface area contributed by atoms with Gasteiger partial charge in [-0.1, -0.05) is 19.1 Å². The van der Waals surface area contributed by atoms with Crippen LogP contribution >= 0.6 is 0 Å². The zero-order valence-corrected chi connectivity index (χ0v) is 23.5. The second-order valence-electron chi connectivity index (χ2n) is 10.8. The fraction of sp³-hybridized carbons (Fsp3) is 0.692. The zero-order chi connectivity index (χ0) is 28.2. The molecule has 2 heterocycles. The Hall–Kier alpha value is -2.93. The van der Waals surface area contributed by atoms with Crippen LogP contribution in [0.2, 0.25) is 0 Å². The van der Waals surface area contributed by atoms with Crippen molar-refractivity contribution in [3.63, 3.8) is 0 Å². The number of urea groups is 1. The van der Waals surface area contributed by atoms with E-state index in [2.05, 4.69) is 27.5 Å². The van der Waals surface area contributed by atoms with Gasteiger partial charge in [-0.3, -0.25) is 18.7 Å². The number of allylic oxidation sites excluding steroid dienone is 2. The molecule has 1 aromatic heterocycles. The number of nitrogens with one attached hydrogen (secondary N) is 3. The number of piperidine rings is 1. The number of amides is 3. The SMILES string of the molecule is CCCn1cc(C(=O)NCCC2CCN(S(=O)(=O)NC(=O)NC[C@@H]3C[C@@H]4C=C[C@@H]3C4)CC2)c(=O)n(CC)c1=O. The van der Waals surface area contributed by atoms with E-state index in [1.807, 2.05) is 6.92 Å². The molecule has 2 bridgehead atoms. The van der Waals surface area contributed by atoms with Crippen molar-refractivity contribution in [2.75, 3.05) is 26.2 Å². The topological polar surface area (TPSA) is 152 Å². The van der Waals surface area contributed by atoms with Crippen LogP contribution in [-0.2, 0) is 23.3 Å². The molecule has 1 saturated heterocycles. The van der Waals surface area contributed by atoms with Gasteiger partial charge in [-0.25, -0.2) is 14.3 Å². The first kappa shape index (κ1) is 29.1. The second kappa shape index (κ2) is 12.5. The van der Waals surface area contributed by atoms with Gasteiger partial charge in [0, 0.05) is 45.5 Å². The van der Waals surface area contributed by atoms with E-state index >= 15 is 0 Å². The van der Waals surface area contributed by atoms with Crippen LogP contribution in [0.4, 0.5) is 4.79 Å². The van der Waals surface area contributed by atoms with Crippen molar-refractivity contribution in [3.8, 4) is 0 Å². The van der Waals surface area contributed by atoms with E-state index < -0.39 is 33.4 Å². The lowest BCUT2D eigenvalue weighted by atomic mass is 9.94. The molecule has 13 heteroatoms. The lowest BCUT2D eigenvalue weighted by Crippen LogP contribution is -2.50. The maximum Gasteiger partial charge on any atom is 0.330 e. The van der Waals surface area contributed by atoms with Crippen LogP contribution in [0.5, 0.6) is 0 Å². The molecule has 1 aromatic rings. The molecular formula is C26H40N6O6S. The van der Waals surface area contributed by atoms with Gasteiger partial charge in [-0.2, -0.15) is 12.7 Å². The number of nitrogens with zero attached hydrogens (tertiary/aromatic N) is 3. The van der Waals surface area contributed by atoms with E-state index in [9.17, 15) is 27.6 Å². The molecule has 2 aliphatic carbocycles. The third kappa shape index (κ3) is 6.81. The molecule has 1 aliphatic heterocycles. The van der Waals surface area contributed by atoms with Gasteiger partial charge >= 0.3 is 21.9 Å². The number of fused-ring (bicyclic) bond motifs is 2. The van der Waals surface area contributed by atoms with E-state index in [0.717, 1.165) is 17.4 Å². The molecule has 4 rings (SSSR count). The maximum atomic E-state index is 12.7. The average Bonchev–Trinajstić information content (AvgIpc) is 3.53. The van der Waals surface area contributed by atoms with Gasteiger partial charge < -0.3 is 10.6 Å². The Morgan fingerprint density at radius 2 is 1.79 bits per heavy atom. The van der Waals surface area contributed by atoms with E-state index in [1.165, 1.54) is 15.1 Å². The molecular weight excluding hydrogens is 524 g/mol. The molecule has 0 unspecified atom stereocenters. The molecule has 216 valence electrons. The van der Waals surface area contributed by atoms with Crippen LogP contribution < -0.4 is 26.6 Å². The summed E-state index contributed by atoms with van der Waals surface area (Å²) >= 11 is 0. The lowest BCUT2D eigenvalue weighted by molar-refractivity contribution is 0.0946. The number of aromatic nitrogens is 2. The first-order valence-electron chi connectivity index (χ1n) is 14.0. The largest absolute Gasteiger partial charge is 0.352 e. The minimum atomic E-state index is -3.93. The first-order chi connectivity index (χ1) is 18.6. The fourth-order valence-electron chi connectivity index (χ4n) is 5.98. The van der Waals surface area contributed by atoms with Gasteiger partial charge in [0.2, 0.25) is 0 Å². The van der Waals surface area contributed by atoms with Crippen molar-refractivity contribution < 1.29 is 18.0 Å². The Morgan fingerprint density at radius 3 is 2.41 bits per heavy atom. The smallest absolute Gasteiger partial charge is 0.330 e. The highest BCUT2D eigenvalue weighted by atomic mass is 32.2. The third-order valence-corrected chi connectivity index (χ3v) is 9.67. The molecule has 39 heavy (non-hydrogen) atoms. The summed E-state index contributed by atoms with van der Waals surface area (Å²) in [6, 6.07) is -0.695. The van der Waals surface area contributed by atoms with Crippen molar-refractivity contribution in [2.24, 2.45) is 23.7 Å². The van der Waals surface area contributed by atoms with Crippen LogP contribution in [0.3, 0.4) is 0 Å². The third-order valence-electron chi connectivity index (χ3n) is 8.18. The Labute approximate surface area is 229 Å². The van der Waals surface area contributed by atoms with Crippen molar-refractivity contribution in [3.05, 3.63) is 44.8 Å². The molecule has 2 fully saturated rings. The van der Waals surface area contributed by atoms with Gasteiger partial charge in [0.15, 0.2) is 0 Å². The molecule has 0 radical (unpaired) electrons. The molecule has 3 N–H and O–H groups in total. The highest BCUT2D eigenvalue weighted by Gasteiger charge is 2.36. The van der Waals surface area contributed by atoms with Gasteiger partial charge in [-0.15, -0.1) is 0 Å². The Bertz CT molecular complexity index is 1310. The highest BCUT2D eigenvalue weighted by Crippen LogP contribution is 2.42. The van der Waals surface area contributed by atoms with Crippen molar-refractivity contribution in [1.82, 2.24) is 28.8 Å². The molecule has 3 amide bonds. The van der Waals surface area contributed by atoms with E-state index in [4.69, 9.17) is 0 Å². The predicted octanol–water partition coefficient (Wildman–Crippen LogP) is 1.03. The highest BCUT2D eigenvalue weighted by molar-refractivity contribution is 7.87. The van der Waals surface area contributed by atoms with Gasteiger partial charge in [-0.05, 0) is 69.1 Å². The Balaban J connectivity index is 1.20. The molecule has 3 aliphatic rings. The van der Waals surface area contributed by atoms with Gasteiger partial charge in [0.1, 0.15) is 5.56 Å². The summed E-state index contributed by atoms with van der Waals surface area (Å²) in [6.45, 7) is 5.54. The molecule has 0 spiro atoms. The number of aryl methyl sites for hydroxylation is 1. The monoisotopic (exact) mass is 564 g/mol. The van der Waals surface area contributed by atoms with Crippen LogP contribution in [-0.4, -0.2) is 60.0 Å². The predicted molar refractivity (Wildman–Crippen MR) is 146 cm³/mol. The molecule has 3 atom stereocenters. The lowest BCUT2D eigenvalue weighted by Gasteiger charge is -2.31. The van der Waals surface area contributed by atoms with Crippen LogP contribution in [0.1, 0.15) is 62.7 Å². The minimum absolute atomic E-state index is 0.0629. The normalized spacial score (nSPS) is 23.2. The first-order valence-corrected chi connectivity index (χ1v) is 15.4. The van der Waals surface area contributed by atoms with Gasteiger partial charge in [0.25, 0.3) is 11.5 Å².